The fraction of sp³-hybridized carbons (Fsp3) is 0.286. The van der Waals surface area contributed by atoms with Crippen molar-refractivity contribution >= 4 is 28.5 Å². The molecular weight excluding hydrogens is 266 g/mol. The molecule has 0 spiro atoms. The predicted molar refractivity (Wildman–Crippen MR) is 73.6 cm³/mol. The molecule has 0 unspecified atom stereocenters. The van der Waals surface area contributed by atoms with Crippen LogP contribution in [-0.4, -0.2) is 24.2 Å². The average molecular weight is 280 g/mol. The Kier molecular flexibility index (Phi) is 4.22. The average Bonchev–Trinajstić information content (AvgIpc) is 2.41. The van der Waals surface area contributed by atoms with Crippen LogP contribution in [0.3, 0.4) is 0 Å². The lowest BCUT2D eigenvalue weighted by atomic mass is 10.1. The first kappa shape index (κ1) is 13.6. The van der Waals surface area contributed by atoms with Crippen molar-refractivity contribution in [3.05, 3.63) is 35.0 Å². The van der Waals surface area contributed by atoms with Gasteiger partial charge in [0.05, 0.1) is 22.5 Å². The smallest absolute Gasteiger partial charge is 0.344 e. The van der Waals surface area contributed by atoms with E-state index >= 15 is 0 Å². The molecule has 1 heterocycles. The quantitative estimate of drug-likeness (QED) is 0.807. The Morgan fingerprint density at radius 2 is 2.16 bits per heavy atom. The number of nitrogens with zero attached hydrogens (tertiary/aromatic N) is 1. The van der Waals surface area contributed by atoms with Crippen LogP contribution >= 0.6 is 11.6 Å². The zero-order valence-electron chi connectivity index (χ0n) is 10.8. The van der Waals surface area contributed by atoms with E-state index in [4.69, 9.17) is 21.1 Å². The molecule has 0 atom stereocenters. The predicted octanol–water partition coefficient (Wildman–Crippen LogP) is 3.14. The van der Waals surface area contributed by atoms with E-state index in [1.165, 1.54) is 0 Å². The number of aromatic nitrogens is 1. The van der Waals surface area contributed by atoms with Crippen molar-refractivity contribution in [2.75, 3.05) is 13.2 Å². The zero-order valence-corrected chi connectivity index (χ0v) is 11.5. The lowest BCUT2D eigenvalue weighted by Gasteiger charge is -2.10. The summed E-state index contributed by atoms with van der Waals surface area (Å²) in [6, 6.07) is 5.37. The molecule has 0 amide bonds. The van der Waals surface area contributed by atoms with Crippen molar-refractivity contribution in [1.29, 1.82) is 0 Å². The molecule has 0 N–H and O–H groups in total. The first-order valence-electron chi connectivity index (χ1n) is 5.95. The fourth-order valence-corrected chi connectivity index (χ4v) is 2.04. The molecule has 0 saturated heterocycles. The van der Waals surface area contributed by atoms with Crippen molar-refractivity contribution in [3.8, 4) is 5.75 Å². The van der Waals surface area contributed by atoms with E-state index in [9.17, 15) is 4.79 Å². The second kappa shape index (κ2) is 5.89. The molecule has 2 rings (SSSR count). The lowest BCUT2D eigenvalue weighted by molar-refractivity contribution is -0.145. The highest BCUT2D eigenvalue weighted by molar-refractivity contribution is 6.36. The van der Waals surface area contributed by atoms with Crippen LogP contribution in [0.25, 0.3) is 10.9 Å². The summed E-state index contributed by atoms with van der Waals surface area (Å²) in [5, 5.41) is 1.26. The van der Waals surface area contributed by atoms with Crippen LogP contribution < -0.4 is 4.74 Å². The molecule has 19 heavy (non-hydrogen) atoms. The van der Waals surface area contributed by atoms with E-state index in [1.807, 2.05) is 13.0 Å². The number of carbonyl (C=O) groups excluding carboxylic acids is 1. The van der Waals surface area contributed by atoms with E-state index in [0.717, 1.165) is 11.1 Å². The van der Waals surface area contributed by atoms with Gasteiger partial charge in [-0.25, -0.2) is 4.79 Å². The highest BCUT2D eigenvalue weighted by atomic mass is 35.5. The van der Waals surface area contributed by atoms with E-state index < -0.39 is 5.97 Å². The van der Waals surface area contributed by atoms with Crippen LogP contribution in [0.1, 0.15) is 12.5 Å². The second-order valence-electron chi connectivity index (χ2n) is 3.99. The van der Waals surface area contributed by atoms with Crippen molar-refractivity contribution in [3.63, 3.8) is 0 Å². The summed E-state index contributed by atoms with van der Waals surface area (Å²) in [7, 11) is 0. The standard InChI is InChI=1S/C14H14ClNO3/c1-3-18-12(17)8-19-11-6-7-16-14-9(2)4-5-10(15)13(11)14/h4-7H,3,8H2,1-2H3. The van der Waals surface area contributed by atoms with E-state index in [-0.39, 0.29) is 6.61 Å². The second-order valence-corrected chi connectivity index (χ2v) is 4.40. The molecule has 2 aromatic rings. The van der Waals surface area contributed by atoms with Gasteiger partial charge in [-0.05, 0) is 31.5 Å². The van der Waals surface area contributed by atoms with Gasteiger partial charge in [0.25, 0.3) is 0 Å². The summed E-state index contributed by atoms with van der Waals surface area (Å²) < 4.78 is 10.3. The molecule has 100 valence electrons. The van der Waals surface area contributed by atoms with E-state index in [0.29, 0.717) is 22.8 Å². The molecule has 0 aliphatic heterocycles. The zero-order chi connectivity index (χ0) is 13.8. The van der Waals surface area contributed by atoms with Crippen LogP contribution in [0.15, 0.2) is 24.4 Å². The Hall–Kier alpha value is -1.81. The molecule has 1 aromatic heterocycles. The van der Waals surface area contributed by atoms with E-state index in [1.54, 1.807) is 25.3 Å². The number of carbonyl (C=O) groups is 1. The van der Waals surface area contributed by atoms with Gasteiger partial charge in [0.2, 0.25) is 0 Å². The van der Waals surface area contributed by atoms with Gasteiger partial charge in [0.15, 0.2) is 6.61 Å². The first-order valence-corrected chi connectivity index (χ1v) is 6.33. The van der Waals surface area contributed by atoms with Gasteiger partial charge in [-0.15, -0.1) is 0 Å². The molecule has 0 fully saturated rings. The number of esters is 1. The molecule has 0 bridgehead atoms. The summed E-state index contributed by atoms with van der Waals surface area (Å²) in [6.45, 7) is 3.89. The van der Waals surface area contributed by atoms with Crippen molar-refractivity contribution in [2.24, 2.45) is 0 Å². The van der Waals surface area contributed by atoms with Crippen molar-refractivity contribution < 1.29 is 14.3 Å². The third-order valence-electron chi connectivity index (χ3n) is 2.66. The fourth-order valence-electron chi connectivity index (χ4n) is 1.79. The Labute approximate surface area is 116 Å². The SMILES string of the molecule is CCOC(=O)COc1ccnc2c(C)ccc(Cl)c12. The van der Waals surface area contributed by atoms with Gasteiger partial charge in [-0.2, -0.15) is 0 Å². The highest BCUT2D eigenvalue weighted by Gasteiger charge is 2.11. The van der Waals surface area contributed by atoms with Gasteiger partial charge < -0.3 is 9.47 Å². The van der Waals surface area contributed by atoms with E-state index in [2.05, 4.69) is 4.98 Å². The van der Waals surface area contributed by atoms with Crippen molar-refractivity contribution in [2.45, 2.75) is 13.8 Å². The monoisotopic (exact) mass is 279 g/mol. The first-order chi connectivity index (χ1) is 9.13. The number of benzene rings is 1. The summed E-state index contributed by atoms with van der Waals surface area (Å²) >= 11 is 6.17. The maximum atomic E-state index is 11.3. The van der Waals surface area contributed by atoms with Crippen LogP contribution in [0.2, 0.25) is 5.02 Å². The van der Waals surface area contributed by atoms with Crippen LogP contribution in [-0.2, 0) is 9.53 Å². The van der Waals surface area contributed by atoms with Gasteiger partial charge in [-0.3, -0.25) is 4.98 Å². The van der Waals surface area contributed by atoms with Gasteiger partial charge in [0.1, 0.15) is 5.75 Å². The third-order valence-corrected chi connectivity index (χ3v) is 2.97. The normalized spacial score (nSPS) is 10.5. The molecular formula is C14H14ClNO3. The van der Waals surface area contributed by atoms with Crippen molar-refractivity contribution in [1.82, 2.24) is 4.98 Å². The maximum absolute atomic E-state index is 11.3. The molecule has 0 radical (unpaired) electrons. The third kappa shape index (κ3) is 2.96. The molecule has 5 heteroatoms. The number of aryl methyl sites for hydroxylation is 1. The van der Waals surface area contributed by atoms with Gasteiger partial charge in [0, 0.05) is 6.20 Å². The molecule has 0 aliphatic rings. The number of hydrogen-bond acceptors (Lipinski definition) is 4. The van der Waals surface area contributed by atoms with Crippen LogP contribution in [0.4, 0.5) is 0 Å². The number of rotatable bonds is 4. The topological polar surface area (TPSA) is 48.4 Å². The number of ether oxygens (including phenoxy) is 2. The number of pyridine rings is 1. The lowest BCUT2D eigenvalue weighted by Crippen LogP contribution is -2.14. The minimum absolute atomic E-state index is 0.142. The molecule has 0 aliphatic carbocycles. The Morgan fingerprint density at radius 3 is 2.89 bits per heavy atom. The Bertz CT molecular complexity index is 613. The number of fused-ring (bicyclic) bond motifs is 1. The molecule has 1 aromatic carbocycles. The summed E-state index contributed by atoms with van der Waals surface area (Å²) in [6.07, 6.45) is 1.63. The molecule has 0 saturated carbocycles. The highest BCUT2D eigenvalue weighted by Crippen LogP contribution is 2.32. The van der Waals surface area contributed by atoms with Gasteiger partial charge >= 0.3 is 5.97 Å². The summed E-state index contributed by atoms with van der Waals surface area (Å²) in [4.78, 5) is 15.6. The molecule has 4 nitrogen and oxygen atoms in total. The maximum Gasteiger partial charge on any atom is 0.344 e. The summed E-state index contributed by atoms with van der Waals surface area (Å²) in [5.41, 5.74) is 1.77. The largest absolute Gasteiger partial charge is 0.481 e. The van der Waals surface area contributed by atoms with Gasteiger partial charge in [-0.1, -0.05) is 17.7 Å². The summed E-state index contributed by atoms with van der Waals surface area (Å²) in [5.74, 6) is 0.128. The van der Waals surface area contributed by atoms with Crippen LogP contribution in [0.5, 0.6) is 5.75 Å². The minimum atomic E-state index is -0.406. The van der Waals surface area contributed by atoms with Crippen LogP contribution in [0, 0.1) is 6.92 Å². The minimum Gasteiger partial charge on any atom is -0.481 e. The number of hydrogen-bond donors (Lipinski definition) is 0. The Balaban J connectivity index is 2.33. The number of halogens is 1. The Morgan fingerprint density at radius 1 is 1.37 bits per heavy atom.